The number of sulfonamides is 1. The summed E-state index contributed by atoms with van der Waals surface area (Å²) in [6.45, 7) is 17.5. The van der Waals surface area contributed by atoms with Gasteiger partial charge in [-0.15, -0.1) is 0 Å². The van der Waals surface area contributed by atoms with Crippen molar-refractivity contribution in [2.45, 2.75) is 65.0 Å². The maximum atomic E-state index is 14.2. The highest BCUT2D eigenvalue weighted by Gasteiger charge is 2.38. The van der Waals surface area contributed by atoms with Gasteiger partial charge in [-0.1, -0.05) is 6.92 Å². The highest BCUT2D eigenvalue weighted by molar-refractivity contribution is 7.89. The molecule has 0 radical (unpaired) electrons. The molecule has 1 atom stereocenters. The summed E-state index contributed by atoms with van der Waals surface area (Å²) in [5, 5.41) is 1.63. The minimum Gasteiger partial charge on any atom is -0.452 e. The minimum atomic E-state index is -3.76. The molecule has 268 valence electrons. The molecule has 0 spiro atoms. The molecule has 12 heteroatoms. The Balaban J connectivity index is 1.34. The summed E-state index contributed by atoms with van der Waals surface area (Å²) in [5.41, 5.74) is 4.43. The van der Waals surface area contributed by atoms with E-state index in [0.29, 0.717) is 56.7 Å². The maximum Gasteiger partial charge on any atom is 0.218 e. The van der Waals surface area contributed by atoms with Gasteiger partial charge in [0, 0.05) is 51.3 Å². The van der Waals surface area contributed by atoms with Gasteiger partial charge in [-0.05, 0) is 62.5 Å². The lowest BCUT2D eigenvalue weighted by Gasteiger charge is -2.45. The molecular weight excluding hydrogens is 644 g/mol. The van der Waals surface area contributed by atoms with Crippen LogP contribution in [0.3, 0.4) is 0 Å². The first-order chi connectivity index (χ1) is 23.3. The predicted molar refractivity (Wildman–Crippen MR) is 191 cm³/mol. The second kappa shape index (κ2) is 14.4. The zero-order valence-electron chi connectivity index (χ0n) is 30.2. The molecule has 0 N–H and O–H groups in total. The molecule has 2 aromatic carbocycles. The molecule has 1 saturated heterocycles. The van der Waals surface area contributed by atoms with E-state index >= 15 is 0 Å². The van der Waals surface area contributed by atoms with Gasteiger partial charge in [-0.3, -0.25) is 0 Å². The van der Waals surface area contributed by atoms with Crippen LogP contribution >= 0.6 is 0 Å². The van der Waals surface area contributed by atoms with Crippen LogP contribution < -0.4 is 24.9 Å². The molecule has 6 rings (SSSR count). The van der Waals surface area contributed by atoms with Crippen molar-refractivity contribution in [1.82, 2.24) is 8.88 Å². The molecule has 49 heavy (non-hydrogen) atoms. The van der Waals surface area contributed by atoms with Gasteiger partial charge in [0.25, 0.3) is 0 Å². The van der Waals surface area contributed by atoms with Crippen molar-refractivity contribution in [2.75, 3.05) is 90.2 Å². The Morgan fingerprint density at radius 2 is 1.49 bits per heavy atom. The smallest absolute Gasteiger partial charge is 0.218 e. The van der Waals surface area contributed by atoms with E-state index in [1.807, 2.05) is 12.1 Å². The van der Waals surface area contributed by atoms with Crippen LogP contribution in [0.5, 0.6) is 11.5 Å². The fourth-order valence-corrected chi connectivity index (χ4v) is 9.09. The third-order valence-electron chi connectivity index (χ3n) is 10.2. The van der Waals surface area contributed by atoms with Gasteiger partial charge in [0.1, 0.15) is 17.6 Å². The SMILES string of the molecule is CC[N+]1=c2cc3c(cc2C(CS(=O)(=O)N2CCOCCOCCOCCOCC2)=CC1(C)C)=Nc1cc2c(cc1O3)N(C)C(C)(C)CC2C. The lowest BCUT2D eigenvalue weighted by Crippen LogP contribution is -2.50. The number of ether oxygens (including phenoxy) is 5. The first kappa shape index (κ1) is 35.9. The highest BCUT2D eigenvalue weighted by atomic mass is 32.2. The summed E-state index contributed by atoms with van der Waals surface area (Å²) in [7, 11) is -1.61. The number of anilines is 1. The Bertz CT molecular complexity index is 1810. The van der Waals surface area contributed by atoms with Crippen LogP contribution in [-0.2, 0) is 29.0 Å². The number of benzene rings is 2. The predicted octanol–water partition coefficient (Wildman–Crippen LogP) is 3.86. The van der Waals surface area contributed by atoms with Gasteiger partial charge < -0.3 is 28.6 Å². The molecule has 4 aliphatic heterocycles. The molecule has 0 aliphatic carbocycles. The molecule has 11 nitrogen and oxygen atoms in total. The zero-order valence-corrected chi connectivity index (χ0v) is 31.0. The van der Waals surface area contributed by atoms with Crippen LogP contribution in [-0.4, -0.2) is 109 Å². The van der Waals surface area contributed by atoms with E-state index in [4.69, 9.17) is 28.7 Å². The summed E-state index contributed by atoms with van der Waals surface area (Å²) in [4.78, 5) is 7.45. The fraction of sp³-hybridized carbons (Fsp3) is 0.622. The number of fused-ring (bicyclic) bond motifs is 4. The number of likely N-dealkylation sites (N-methyl/N-ethyl adjacent to an activating group) is 1. The first-order valence-corrected chi connectivity index (χ1v) is 19.2. The second-order valence-corrected chi connectivity index (χ2v) is 16.5. The third-order valence-corrected chi connectivity index (χ3v) is 12.1. The number of hydrogen-bond donors (Lipinski definition) is 0. The summed E-state index contributed by atoms with van der Waals surface area (Å²) in [5.74, 6) is 1.63. The lowest BCUT2D eigenvalue weighted by atomic mass is 9.80. The number of hydrogen-bond acceptors (Lipinski definition) is 9. The van der Waals surface area contributed by atoms with E-state index in [9.17, 15) is 8.42 Å². The Hall–Kier alpha value is -2.87. The summed E-state index contributed by atoms with van der Waals surface area (Å²) < 4.78 is 61.2. The topological polar surface area (TPSA) is 102 Å². The van der Waals surface area contributed by atoms with E-state index in [1.54, 1.807) is 0 Å². The maximum absolute atomic E-state index is 14.2. The van der Waals surface area contributed by atoms with Gasteiger partial charge in [0.05, 0.1) is 70.2 Å². The second-order valence-electron chi connectivity index (χ2n) is 14.6. The van der Waals surface area contributed by atoms with Crippen molar-refractivity contribution < 1.29 is 32.1 Å². The molecular formula is C37H53N4O7S+. The van der Waals surface area contributed by atoms with Gasteiger partial charge in [0.2, 0.25) is 15.4 Å². The van der Waals surface area contributed by atoms with Crippen LogP contribution in [0.2, 0.25) is 0 Å². The van der Waals surface area contributed by atoms with Crippen molar-refractivity contribution in [3.63, 3.8) is 0 Å². The van der Waals surface area contributed by atoms with E-state index in [-0.39, 0.29) is 37.6 Å². The standard InChI is InChI=1S/C37H53N4O7S/c1-8-41-33-22-35-31(38-30-19-28-26(2)23-36(3,4)39(7)32(28)21-34(30)48-35)20-29(33)27(24-37(41,5)6)25-49(42,43)40-9-11-44-13-15-46-17-18-47-16-14-45-12-10-40/h19-22,24,26H,8-18,23,25H2,1-7H3/q+1. The van der Waals surface area contributed by atoms with Crippen LogP contribution in [0.15, 0.2) is 35.3 Å². The van der Waals surface area contributed by atoms with Crippen molar-refractivity contribution in [2.24, 2.45) is 4.99 Å². The number of rotatable bonds is 4. The summed E-state index contributed by atoms with van der Waals surface area (Å²) in [6.07, 6.45) is 3.13. The quantitative estimate of drug-likeness (QED) is 0.379. The van der Waals surface area contributed by atoms with Crippen molar-refractivity contribution in [3.8, 4) is 11.5 Å². The zero-order chi connectivity index (χ0) is 35.0. The highest BCUT2D eigenvalue weighted by Crippen LogP contribution is 2.48. The Morgan fingerprint density at radius 1 is 0.878 bits per heavy atom. The van der Waals surface area contributed by atoms with Gasteiger partial charge in [0.15, 0.2) is 17.0 Å². The molecule has 1 fully saturated rings. The van der Waals surface area contributed by atoms with E-state index in [0.717, 1.165) is 40.9 Å². The van der Waals surface area contributed by atoms with Crippen LogP contribution in [0.4, 0.5) is 11.4 Å². The molecule has 2 aromatic rings. The Kier molecular flexibility index (Phi) is 10.6. The van der Waals surface area contributed by atoms with Gasteiger partial charge >= 0.3 is 0 Å². The molecule has 0 saturated carbocycles. The van der Waals surface area contributed by atoms with Gasteiger partial charge in [-0.25, -0.2) is 18.0 Å². The summed E-state index contributed by atoms with van der Waals surface area (Å²) >= 11 is 0. The molecule has 0 amide bonds. The molecule has 4 aliphatic rings. The fourth-order valence-electron chi connectivity index (χ4n) is 7.57. The van der Waals surface area contributed by atoms with Gasteiger partial charge in [-0.2, -0.15) is 4.31 Å². The summed E-state index contributed by atoms with van der Waals surface area (Å²) in [6, 6.07) is 8.33. The molecule has 1 unspecified atom stereocenters. The third kappa shape index (κ3) is 7.60. The van der Waals surface area contributed by atoms with E-state index in [1.165, 1.54) is 15.6 Å². The van der Waals surface area contributed by atoms with Crippen LogP contribution in [0.1, 0.15) is 65.0 Å². The van der Waals surface area contributed by atoms with Crippen LogP contribution in [0, 0.1) is 0 Å². The molecule has 0 bridgehead atoms. The lowest BCUT2D eigenvalue weighted by molar-refractivity contribution is 0.00206. The first-order valence-electron chi connectivity index (χ1n) is 17.6. The normalized spacial score (nSPS) is 23.3. The van der Waals surface area contributed by atoms with E-state index < -0.39 is 15.6 Å². The van der Waals surface area contributed by atoms with E-state index in [2.05, 4.69) is 76.3 Å². The van der Waals surface area contributed by atoms with Crippen molar-refractivity contribution in [1.29, 1.82) is 0 Å². The largest absolute Gasteiger partial charge is 0.452 e. The number of nitrogens with zero attached hydrogens (tertiary/aromatic N) is 4. The van der Waals surface area contributed by atoms with Crippen molar-refractivity contribution >= 4 is 27.0 Å². The van der Waals surface area contributed by atoms with Crippen LogP contribution in [0.25, 0.3) is 5.57 Å². The molecule has 4 heterocycles. The monoisotopic (exact) mass is 697 g/mol. The molecule has 0 aromatic heterocycles. The average molecular weight is 698 g/mol. The van der Waals surface area contributed by atoms with Crippen molar-refractivity contribution in [3.05, 3.63) is 52.2 Å². The average Bonchev–Trinajstić information content (AvgIpc) is 3.04. The Labute approximate surface area is 291 Å². The minimum absolute atomic E-state index is 0.0334. The Morgan fingerprint density at radius 3 is 2.10 bits per heavy atom.